The van der Waals surface area contributed by atoms with Crippen LogP contribution in [0.5, 0.6) is 0 Å². The van der Waals surface area contributed by atoms with E-state index in [4.69, 9.17) is 0 Å². The average molecular weight is 290 g/mol. The predicted molar refractivity (Wildman–Crippen MR) is 84.8 cm³/mol. The van der Waals surface area contributed by atoms with Gasteiger partial charge < -0.3 is 10.6 Å². The topological polar surface area (TPSA) is 58.2 Å². The van der Waals surface area contributed by atoms with Gasteiger partial charge in [-0.25, -0.2) is 0 Å². The van der Waals surface area contributed by atoms with Gasteiger partial charge in [0.2, 0.25) is 11.8 Å². The SMILES string of the molecule is Cc1ccccc1C(C)NC(=O)C(C)NC(=O)C(C)(C)C. The van der Waals surface area contributed by atoms with Crippen molar-refractivity contribution in [3.05, 3.63) is 35.4 Å². The van der Waals surface area contributed by atoms with Gasteiger partial charge in [0.25, 0.3) is 0 Å². The Balaban J connectivity index is 2.65. The summed E-state index contributed by atoms with van der Waals surface area (Å²) < 4.78 is 0. The zero-order valence-corrected chi connectivity index (χ0v) is 13.8. The molecule has 116 valence electrons. The fraction of sp³-hybridized carbons (Fsp3) is 0.529. The fourth-order valence-electron chi connectivity index (χ4n) is 1.97. The zero-order valence-electron chi connectivity index (χ0n) is 13.8. The second-order valence-corrected chi connectivity index (χ2v) is 6.53. The van der Waals surface area contributed by atoms with E-state index in [0.29, 0.717) is 0 Å². The summed E-state index contributed by atoms with van der Waals surface area (Å²) in [4.78, 5) is 24.1. The quantitative estimate of drug-likeness (QED) is 0.895. The van der Waals surface area contributed by atoms with Gasteiger partial charge in [-0.05, 0) is 31.9 Å². The highest BCUT2D eigenvalue weighted by Gasteiger charge is 2.25. The minimum atomic E-state index is -0.553. The van der Waals surface area contributed by atoms with Crippen LogP contribution in [-0.2, 0) is 9.59 Å². The summed E-state index contributed by atoms with van der Waals surface area (Å²) in [5, 5.41) is 5.68. The summed E-state index contributed by atoms with van der Waals surface area (Å²) in [7, 11) is 0. The second kappa shape index (κ2) is 6.74. The molecule has 4 heteroatoms. The Morgan fingerprint density at radius 2 is 1.62 bits per heavy atom. The number of carbonyl (C=O) groups is 2. The van der Waals surface area contributed by atoms with Gasteiger partial charge in [-0.3, -0.25) is 9.59 Å². The van der Waals surface area contributed by atoms with Crippen LogP contribution in [0.3, 0.4) is 0 Å². The normalized spacial score (nSPS) is 14.2. The first-order valence-electron chi connectivity index (χ1n) is 7.29. The minimum absolute atomic E-state index is 0.0901. The van der Waals surface area contributed by atoms with Crippen molar-refractivity contribution < 1.29 is 9.59 Å². The summed E-state index contributed by atoms with van der Waals surface area (Å²) in [5.41, 5.74) is 1.72. The van der Waals surface area contributed by atoms with E-state index < -0.39 is 11.5 Å². The van der Waals surface area contributed by atoms with E-state index in [0.717, 1.165) is 11.1 Å². The number of amides is 2. The maximum atomic E-state index is 12.2. The molecule has 1 aromatic rings. The maximum absolute atomic E-state index is 12.2. The van der Waals surface area contributed by atoms with Crippen molar-refractivity contribution in [3.8, 4) is 0 Å². The first kappa shape index (κ1) is 17.2. The minimum Gasteiger partial charge on any atom is -0.348 e. The van der Waals surface area contributed by atoms with Gasteiger partial charge in [-0.1, -0.05) is 45.0 Å². The lowest BCUT2D eigenvalue weighted by atomic mass is 9.95. The van der Waals surface area contributed by atoms with E-state index >= 15 is 0 Å². The molecular formula is C17H26N2O2. The van der Waals surface area contributed by atoms with Gasteiger partial charge in [0.05, 0.1) is 6.04 Å². The highest BCUT2D eigenvalue weighted by atomic mass is 16.2. The third-order valence-corrected chi connectivity index (χ3v) is 3.44. The molecule has 0 bridgehead atoms. The van der Waals surface area contributed by atoms with Crippen molar-refractivity contribution >= 4 is 11.8 Å². The lowest BCUT2D eigenvalue weighted by Crippen LogP contribution is -2.48. The van der Waals surface area contributed by atoms with Crippen LogP contribution < -0.4 is 10.6 Å². The molecule has 0 saturated heterocycles. The number of nitrogens with one attached hydrogen (secondary N) is 2. The van der Waals surface area contributed by atoms with E-state index in [1.54, 1.807) is 6.92 Å². The Hall–Kier alpha value is -1.84. The van der Waals surface area contributed by atoms with Gasteiger partial charge in [0.1, 0.15) is 6.04 Å². The maximum Gasteiger partial charge on any atom is 0.242 e. The van der Waals surface area contributed by atoms with E-state index in [9.17, 15) is 9.59 Å². The molecular weight excluding hydrogens is 264 g/mol. The molecule has 1 aromatic carbocycles. The van der Waals surface area contributed by atoms with Crippen LogP contribution in [0.4, 0.5) is 0 Å². The summed E-state index contributed by atoms with van der Waals surface area (Å²) in [6.45, 7) is 11.1. The summed E-state index contributed by atoms with van der Waals surface area (Å²) >= 11 is 0. The monoisotopic (exact) mass is 290 g/mol. The third kappa shape index (κ3) is 4.88. The van der Waals surface area contributed by atoms with Crippen molar-refractivity contribution in [2.24, 2.45) is 5.41 Å². The van der Waals surface area contributed by atoms with Gasteiger partial charge in [-0.2, -0.15) is 0 Å². The smallest absolute Gasteiger partial charge is 0.242 e. The highest BCUT2D eigenvalue weighted by molar-refractivity contribution is 5.89. The van der Waals surface area contributed by atoms with Gasteiger partial charge in [0, 0.05) is 5.41 Å². The number of rotatable bonds is 4. The number of carbonyl (C=O) groups excluding carboxylic acids is 2. The molecule has 1 rings (SSSR count). The summed E-state index contributed by atoms with van der Waals surface area (Å²) in [6, 6.07) is 7.30. The molecule has 21 heavy (non-hydrogen) atoms. The summed E-state index contributed by atoms with van der Waals surface area (Å²) in [5.74, 6) is -0.308. The number of aryl methyl sites for hydroxylation is 1. The Morgan fingerprint density at radius 3 is 2.14 bits per heavy atom. The molecule has 2 N–H and O–H groups in total. The third-order valence-electron chi connectivity index (χ3n) is 3.44. The van der Waals surface area contributed by atoms with Crippen LogP contribution in [0, 0.1) is 12.3 Å². The molecule has 4 nitrogen and oxygen atoms in total. The van der Waals surface area contributed by atoms with Crippen molar-refractivity contribution in [1.82, 2.24) is 10.6 Å². The van der Waals surface area contributed by atoms with Crippen molar-refractivity contribution in [2.75, 3.05) is 0 Å². The molecule has 0 aliphatic carbocycles. The lowest BCUT2D eigenvalue weighted by Gasteiger charge is -2.23. The van der Waals surface area contributed by atoms with Crippen LogP contribution in [0.1, 0.15) is 51.8 Å². The number of hydrogen-bond donors (Lipinski definition) is 2. The molecule has 0 aromatic heterocycles. The fourth-order valence-corrected chi connectivity index (χ4v) is 1.97. The molecule has 0 spiro atoms. The Kier molecular flexibility index (Phi) is 5.53. The number of benzene rings is 1. The van der Waals surface area contributed by atoms with E-state index in [-0.39, 0.29) is 17.9 Å². The lowest BCUT2D eigenvalue weighted by molar-refractivity contribution is -0.133. The largest absolute Gasteiger partial charge is 0.348 e. The van der Waals surface area contributed by atoms with E-state index in [1.807, 2.05) is 58.9 Å². The molecule has 2 unspecified atom stereocenters. The molecule has 0 heterocycles. The average Bonchev–Trinajstić information content (AvgIpc) is 2.37. The highest BCUT2D eigenvalue weighted by Crippen LogP contribution is 2.17. The second-order valence-electron chi connectivity index (χ2n) is 6.53. The molecule has 0 saturated carbocycles. The molecule has 2 amide bonds. The molecule has 2 atom stereocenters. The standard InChI is InChI=1S/C17H26N2O2/c1-11-9-7-8-10-14(11)12(2)18-15(20)13(3)19-16(21)17(4,5)6/h7-10,12-13H,1-6H3,(H,18,20)(H,19,21). The Bertz CT molecular complexity index is 518. The molecule has 0 aliphatic rings. The van der Waals surface area contributed by atoms with Crippen LogP contribution in [0.15, 0.2) is 24.3 Å². The van der Waals surface area contributed by atoms with Crippen LogP contribution in [0.25, 0.3) is 0 Å². The van der Waals surface area contributed by atoms with Crippen molar-refractivity contribution in [1.29, 1.82) is 0 Å². The van der Waals surface area contributed by atoms with E-state index in [2.05, 4.69) is 10.6 Å². The molecule has 0 radical (unpaired) electrons. The van der Waals surface area contributed by atoms with Gasteiger partial charge in [-0.15, -0.1) is 0 Å². The van der Waals surface area contributed by atoms with Gasteiger partial charge >= 0.3 is 0 Å². The van der Waals surface area contributed by atoms with Gasteiger partial charge in [0.15, 0.2) is 0 Å². The first-order chi connectivity index (χ1) is 9.62. The van der Waals surface area contributed by atoms with Crippen LogP contribution in [-0.4, -0.2) is 17.9 Å². The Labute approximate surface area is 127 Å². The van der Waals surface area contributed by atoms with E-state index in [1.165, 1.54) is 0 Å². The van der Waals surface area contributed by atoms with Crippen molar-refractivity contribution in [2.45, 2.75) is 53.6 Å². The molecule has 0 aliphatic heterocycles. The summed E-state index contributed by atoms with van der Waals surface area (Å²) in [6.07, 6.45) is 0. The number of hydrogen-bond acceptors (Lipinski definition) is 2. The zero-order chi connectivity index (χ0) is 16.2. The molecule has 0 fully saturated rings. The first-order valence-corrected chi connectivity index (χ1v) is 7.29. The Morgan fingerprint density at radius 1 is 1.05 bits per heavy atom. The van der Waals surface area contributed by atoms with Crippen LogP contribution in [0.2, 0.25) is 0 Å². The predicted octanol–water partition coefficient (Wildman–Crippen LogP) is 2.72. The van der Waals surface area contributed by atoms with Crippen molar-refractivity contribution in [3.63, 3.8) is 0 Å². The van der Waals surface area contributed by atoms with Crippen LogP contribution >= 0.6 is 0 Å².